The van der Waals surface area contributed by atoms with E-state index in [0.29, 0.717) is 37.6 Å². The van der Waals surface area contributed by atoms with Crippen LogP contribution in [-0.4, -0.2) is 83.3 Å². The SMILES string of the molecule is C/C=C(\C=C/N(C)C=O)C(=O)Nc1nc2cccc(C)c2n1C1CCCCN(C(=O)/C=C/CN(C)C)C1. The molecule has 2 aromatic rings. The van der Waals surface area contributed by atoms with Crippen LogP contribution < -0.4 is 5.32 Å². The van der Waals surface area contributed by atoms with Crippen molar-refractivity contribution in [2.45, 2.75) is 39.2 Å². The number of anilines is 1. The van der Waals surface area contributed by atoms with Gasteiger partial charge in [-0.25, -0.2) is 4.98 Å². The number of aryl methyl sites for hydroxylation is 1. The lowest BCUT2D eigenvalue weighted by Gasteiger charge is -2.26. The number of para-hydroxylation sites is 1. The van der Waals surface area contributed by atoms with E-state index in [4.69, 9.17) is 4.98 Å². The molecule has 1 aliphatic rings. The minimum absolute atomic E-state index is 0.00103. The van der Waals surface area contributed by atoms with Gasteiger partial charge in [0.25, 0.3) is 5.91 Å². The van der Waals surface area contributed by atoms with Gasteiger partial charge >= 0.3 is 0 Å². The fourth-order valence-corrected chi connectivity index (χ4v) is 4.47. The largest absolute Gasteiger partial charge is 0.337 e. The first-order chi connectivity index (χ1) is 17.7. The number of nitrogens with one attached hydrogen (secondary N) is 1. The Balaban J connectivity index is 1.95. The van der Waals surface area contributed by atoms with Crippen LogP contribution in [0.1, 0.15) is 37.8 Å². The van der Waals surface area contributed by atoms with Crippen molar-refractivity contribution < 1.29 is 14.4 Å². The lowest BCUT2D eigenvalue weighted by atomic mass is 10.1. The van der Waals surface area contributed by atoms with Gasteiger partial charge in [0.2, 0.25) is 18.3 Å². The molecule has 37 heavy (non-hydrogen) atoms. The number of nitrogens with zero attached hydrogens (tertiary/aromatic N) is 5. The van der Waals surface area contributed by atoms with E-state index in [9.17, 15) is 14.4 Å². The standard InChI is InChI=1S/C28H38N6O3/c1-6-22(15-18-32(5)20-35)27(37)30-28-29-24-13-9-11-21(2)26(24)34(28)23-12-7-8-17-33(19-23)25(36)14-10-16-31(3)4/h6,9-11,13-15,18,20,23H,7-8,12,16-17,19H2,1-5H3,(H,29,30,37)/b14-10+,18-15-,22-6+. The average molecular weight is 507 g/mol. The molecule has 0 spiro atoms. The van der Waals surface area contributed by atoms with Gasteiger partial charge in [0, 0.05) is 44.5 Å². The van der Waals surface area contributed by atoms with Crippen LogP contribution in [0.15, 0.2) is 54.3 Å². The number of carbonyl (C=O) groups is 3. The molecule has 1 unspecified atom stereocenters. The van der Waals surface area contributed by atoms with Crippen LogP contribution in [0.4, 0.5) is 5.95 Å². The Bertz CT molecular complexity index is 1210. The van der Waals surface area contributed by atoms with E-state index in [0.717, 1.165) is 35.9 Å². The smallest absolute Gasteiger partial charge is 0.257 e. The molecule has 3 rings (SSSR count). The molecule has 2 heterocycles. The summed E-state index contributed by atoms with van der Waals surface area (Å²) in [7, 11) is 5.54. The van der Waals surface area contributed by atoms with E-state index >= 15 is 0 Å². The maximum Gasteiger partial charge on any atom is 0.257 e. The van der Waals surface area contributed by atoms with Gasteiger partial charge < -0.3 is 19.3 Å². The molecule has 1 saturated heterocycles. The zero-order chi connectivity index (χ0) is 26.9. The molecule has 0 aliphatic carbocycles. The van der Waals surface area contributed by atoms with Crippen LogP contribution in [0.25, 0.3) is 11.0 Å². The number of benzene rings is 1. The molecule has 1 fully saturated rings. The van der Waals surface area contributed by atoms with E-state index in [1.54, 1.807) is 32.2 Å². The molecule has 3 amide bonds. The topological polar surface area (TPSA) is 90.8 Å². The number of imidazole rings is 1. The van der Waals surface area contributed by atoms with Gasteiger partial charge in [-0.15, -0.1) is 0 Å². The molecule has 9 heteroatoms. The maximum absolute atomic E-state index is 13.2. The summed E-state index contributed by atoms with van der Waals surface area (Å²) in [5, 5.41) is 2.99. The van der Waals surface area contributed by atoms with E-state index in [1.165, 1.54) is 11.1 Å². The van der Waals surface area contributed by atoms with Crippen molar-refractivity contribution in [1.29, 1.82) is 0 Å². The van der Waals surface area contributed by atoms with Crippen LogP contribution in [0.3, 0.4) is 0 Å². The van der Waals surface area contributed by atoms with E-state index in [1.807, 2.05) is 55.1 Å². The van der Waals surface area contributed by atoms with Crippen LogP contribution in [0.2, 0.25) is 0 Å². The van der Waals surface area contributed by atoms with Gasteiger partial charge in [0.15, 0.2) is 0 Å². The molecule has 9 nitrogen and oxygen atoms in total. The van der Waals surface area contributed by atoms with Gasteiger partial charge in [-0.2, -0.15) is 0 Å². The van der Waals surface area contributed by atoms with Crippen molar-refractivity contribution in [2.75, 3.05) is 46.1 Å². The van der Waals surface area contributed by atoms with Gasteiger partial charge in [-0.3, -0.25) is 19.7 Å². The third kappa shape index (κ3) is 7.16. The summed E-state index contributed by atoms with van der Waals surface area (Å²) >= 11 is 0. The molecule has 198 valence electrons. The molecule has 1 atom stereocenters. The number of hydrogen-bond donors (Lipinski definition) is 1. The molecule has 0 saturated carbocycles. The highest BCUT2D eigenvalue weighted by Crippen LogP contribution is 2.32. The highest BCUT2D eigenvalue weighted by atomic mass is 16.2. The number of carbonyl (C=O) groups excluding carboxylic acids is 3. The number of allylic oxidation sites excluding steroid dienone is 1. The second kappa shape index (κ2) is 13.0. The number of likely N-dealkylation sites (tertiary alicyclic amines) is 1. The zero-order valence-corrected chi connectivity index (χ0v) is 22.5. The van der Waals surface area contributed by atoms with E-state index < -0.39 is 0 Å². The Morgan fingerprint density at radius 1 is 1.19 bits per heavy atom. The first-order valence-electron chi connectivity index (χ1n) is 12.7. The minimum Gasteiger partial charge on any atom is -0.337 e. The highest BCUT2D eigenvalue weighted by molar-refractivity contribution is 6.05. The molecule has 0 radical (unpaired) electrons. The Morgan fingerprint density at radius 3 is 2.68 bits per heavy atom. The van der Waals surface area contributed by atoms with Crippen molar-refractivity contribution in [3.05, 3.63) is 59.8 Å². The summed E-state index contributed by atoms with van der Waals surface area (Å²) in [6.07, 6.45) is 11.8. The number of rotatable bonds is 9. The summed E-state index contributed by atoms with van der Waals surface area (Å²) in [4.78, 5) is 47.1. The van der Waals surface area contributed by atoms with Crippen LogP contribution in [0.5, 0.6) is 0 Å². The Morgan fingerprint density at radius 2 is 1.97 bits per heavy atom. The first-order valence-corrected chi connectivity index (χ1v) is 12.7. The van der Waals surface area contributed by atoms with Crippen LogP contribution in [0, 0.1) is 6.92 Å². The average Bonchev–Trinajstić information content (AvgIpc) is 3.05. The van der Waals surface area contributed by atoms with Crippen LogP contribution >= 0.6 is 0 Å². The normalized spacial score (nSPS) is 17.1. The van der Waals surface area contributed by atoms with E-state index in [-0.39, 0.29) is 17.9 Å². The highest BCUT2D eigenvalue weighted by Gasteiger charge is 2.27. The summed E-state index contributed by atoms with van der Waals surface area (Å²) in [6.45, 7) is 5.74. The summed E-state index contributed by atoms with van der Waals surface area (Å²) in [5.41, 5.74) is 3.21. The lowest BCUT2D eigenvalue weighted by molar-refractivity contribution is -0.126. The Hall–Kier alpha value is -3.72. The molecular formula is C28H38N6O3. The van der Waals surface area contributed by atoms with Crippen molar-refractivity contribution in [1.82, 2.24) is 24.3 Å². The molecule has 1 aliphatic heterocycles. The predicted octanol–water partition coefficient (Wildman–Crippen LogP) is 3.50. The number of likely N-dealkylation sites (N-methyl/N-ethyl adjacent to an activating group) is 1. The number of amides is 3. The van der Waals surface area contributed by atoms with E-state index in [2.05, 4.69) is 9.88 Å². The second-order valence-electron chi connectivity index (χ2n) is 9.63. The number of aromatic nitrogens is 2. The third-order valence-electron chi connectivity index (χ3n) is 6.42. The first kappa shape index (κ1) is 27.9. The molecule has 1 aromatic heterocycles. The maximum atomic E-state index is 13.2. The molecule has 0 bridgehead atoms. The summed E-state index contributed by atoms with van der Waals surface area (Å²) in [6, 6.07) is 5.88. The Kier molecular flexibility index (Phi) is 9.79. The predicted molar refractivity (Wildman–Crippen MR) is 147 cm³/mol. The van der Waals surface area contributed by atoms with Gasteiger partial charge in [0.05, 0.1) is 17.1 Å². The quantitative estimate of drug-likeness (QED) is 0.319. The van der Waals surface area contributed by atoms with Crippen molar-refractivity contribution >= 4 is 35.2 Å². The fourth-order valence-electron chi connectivity index (χ4n) is 4.47. The summed E-state index contributed by atoms with van der Waals surface area (Å²) < 4.78 is 2.09. The van der Waals surface area contributed by atoms with Crippen molar-refractivity contribution in [2.24, 2.45) is 0 Å². The number of fused-ring (bicyclic) bond motifs is 1. The minimum atomic E-state index is -0.319. The lowest BCUT2D eigenvalue weighted by Crippen LogP contribution is -2.35. The third-order valence-corrected chi connectivity index (χ3v) is 6.42. The monoisotopic (exact) mass is 506 g/mol. The van der Waals surface area contributed by atoms with Crippen molar-refractivity contribution in [3.8, 4) is 0 Å². The van der Waals surface area contributed by atoms with Gasteiger partial charge in [-0.1, -0.05) is 24.3 Å². The molecule has 1 N–H and O–H groups in total. The van der Waals surface area contributed by atoms with Gasteiger partial charge in [0.1, 0.15) is 0 Å². The van der Waals surface area contributed by atoms with Crippen molar-refractivity contribution in [3.63, 3.8) is 0 Å². The van der Waals surface area contributed by atoms with Crippen LogP contribution in [-0.2, 0) is 14.4 Å². The zero-order valence-electron chi connectivity index (χ0n) is 22.5. The number of hydrogen-bond acceptors (Lipinski definition) is 5. The van der Waals surface area contributed by atoms with Gasteiger partial charge in [-0.05, 0) is 64.9 Å². The summed E-state index contributed by atoms with van der Waals surface area (Å²) in [5.74, 6) is 0.134. The second-order valence-corrected chi connectivity index (χ2v) is 9.63. The Labute approximate surface area is 219 Å². The molecular weight excluding hydrogens is 468 g/mol. The fraction of sp³-hybridized carbons (Fsp3) is 0.429. The molecule has 1 aromatic carbocycles.